The van der Waals surface area contributed by atoms with Gasteiger partial charge in [-0.25, -0.2) is 22.8 Å². The zero-order valence-corrected chi connectivity index (χ0v) is 14.4. The highest BCUT2D eigenvalue weighted by Crippen LogP contribution is 2.14. The normalized spacial score (nSPS) is 12.0. The van der Waals surface area contributed by atoms with Crippen LogP contribution in [0, 0.1) is 0 Å². The van der Waals surface area contributed by atoms with Crippen LogP contribution in [0.3, 0.4) is 0 Å². The van der Waals surface area contributed by atoms with Crippen molar-refractivity contribution in [2.24, 2.45) is 0 Å². The Morgan fingerprint density at radius 2 is 2.04 bits per heavy atom. The van der Waals surface area contributed by atoms with Crippen molar-refractivity contribution in [1.29, 1.82) is 0 Å². The summed E-state index contributed by atoms with van der Waals surface area (Å²) in [5.41, 5.74) is 1.67. The molecular formula is C16H16N4O2S2. The van der Waals surface area contributed by atoms with Gasteiger partial charge in [0.2, 0.25) is 15.2 Å². The van der Waals surface area contributed by atoms with Crippen LogP contribution in [0.15, 0.2) is 59.6 Å². The third-order valence-electron chi connectivity index (χ3n) is 3.16. The van der Waals surface area contributed by atoms with E-state index in [1.54, 1.807) is 17.0 Å². The number of thiazole rings is 1. The Labute approximate surface area is 144 Å². The van der Waals surface area contributed by atoms with Gasteiger partial charge in [-0.15, -0.1) is 11.3 Å². The first kappa shape index (κ1) is 16.6. The van der Waals surface area contributed by atoms with Crippen LogP contribution in [0.25, 0.3) is 11.2 Å². The maximum absolute atomic E-state index is 12.0. The van der Waals surface area contributed by atoms with Gasteiger partial charge in [-0.2, -0.15) is 5.10 Å². The predicted octanol–water partition coefficient (Wildman–Crippen LogP) is 2.46. The molecule has 0 aliphatic rings. The van der Waals surface area contributed by atoms with Crippen LogP contribution >= 0.6 is 11.3 Å². The standard InChI is InChI=1S/C16H16N4O2S2/c21-24(22,12-8-14-5-2-1-3-6-14)18-10-7-15-13-23-16(19-15)20-11-4-9-17-20/h1-6,8-9,11-13,18H,7,10H2. The predicted molar refractivity (Wildman–Crippen MR) is 95.3 cm³/mol. The lowest BCUT2D eigenvalue weighted by atomic mass is 10.2. The van der Waals surface area contributed by atoms with E-state index in [0.29, 0.717) is 13.0 Å². The summed E-state index contributed by atoms with van der Waals surface area (Å²) in [6, 6.07) is 11.1. The van der Waals surface area contributed by atoms with Gasteiger partial charge in [-0.05, 0) is 17.7 Å². The molecule has 2 heterocycles. The summed E-state index contributed by atoms with van der Waals surface area (Å²) in [6.45, 7) is 0.295. The van der Waals surface area contributed by atoms with Gasteiger partial charge in [0, 0.05) is 36.1 Å². The average Bonchev–Trinajstić information content (AvgIpc) is 3.25. The zero-order chi connectivity index (χ0) is 16.8. The van der Waals surface area contributed by atoms with Crippen LogP contribution in [0.5, 0.6) is 0 Å². The highest BCUT2D eigenvalue weighted by atomic mass is 32.2. The number of sulfonamides is 1. The average molecular weight is 360 g/mol. The van der Waals surface area contributed by atoms with Gasteiger partial charge < -0.3 is 0 Å². The van der Waals surface area contributed by atoms with Crippen molar-refractivity contribution in [2.75, 3.05) is 6.54 Å². The van der Waals surface area contributed by atoms with Gasteiger partial charge in [-0.3, -0.25) is 0 Å². The quantitative estimate of drug-likeness (QED) is 0.702. The summed E-state index contributed by atoms with van der Waals surface area (Å²) in [6.07, 6.45) is 5.60. The van der Waals surface area contributed by atoms with Gasteiger partial charge in [0.1, 0.15) is 0 Å². The van der Waals surface area contributed by atoms with Crippen molar-refractivity contribution >= 4 is 27.4 Å². The molecule has 0 unspecified atom stereocenters. The number of hydrogen-bond donors (Lipinski definition) is 1. The lowest BCUT2D eigenvalue weighted by Crippen LogP contribution is -2.23. The molecule has 6 nitrogen and oxygen atoms in total. The topological polar surface area (TPSA) is 76.9 Å². The highest BCUT2D eigenvalue weighted by molar-refractivity contribution is 7.92. The molecule has 0 radical (unpaired) electrons. The molecule has 0 saturated carbocycles. The molecule has 0 aliphatic carbocycles. The largest absolute Gasteiger partial charge is 0.233 e. The number of nitrogens with one attached hydrogen (secondary N) is 1. The molecule has 8 heteroatoms. The number of hydrogen-bond acceptors (Lipinski definition) is 5. The maximum Gasteiger partial charge on any atom is 0.233 e. The molecule has 124 valence electrons. The van der Waals surface area contributed by atoms with Crippen LogP contribution in [-0.4, -0.2) is 29.7 Å². The Balaban J connectivity index is 1.53. The summed E-state index contributed by atoms with van der Waals surface area (Å²) in [5.74, 6) is 0. The molecule has 0 spiro atoms. The van der Waals surface area contributed by atoms with E-state index in [9.17, 15) is 8.42 Å². The lowest BCUT2D eigenvalue weighted by molar-refractivity contribution is 0.591. The minimum atomic E-state index is -3.46. The van der Waals surface area contributed by atoms with Gasteiger partial charge in [0.15, 0.2) is 0 Å². The monoisotopic (exact) mass is 360 g/mol. The summed E-state index contributed by atoms with van der Waals surface area (Å²) >= 11 is 1.47. The summed E-state index contributed by atoms with van der Waals surface area (Å²) in [5, 5.41) is 7.97. The number of aromatic nitrogens is 3. The first-order chi connectivity index (χ1) is 11.6. The molecule has 3 aromatic rings. The van der Waals surface area contributed by atoms with E-state index in [-0.39, 0.29) is 0 Å². The lowest BCUT2D eigenvalue weighted by Gasteiger charge is -2.01. The van der Waals surface area contributed by atoms with Crippen molar-refractivity contribution in [3.8, 4) is 5.13 Å². The molecule has 0 saturated heterocycles. The molecule has 2 aromatic heterocycles. The highest BCUT2D eigenvalue weighted by Gasteiger charge is 2.07. The van der Waals surface area contributed by atoms with Gasteiger partial charge >= 0.3 is 0 Å². The molecule has 0 aliphatic heterocycles. The van der Waals surface area contributed by atoms with Crippen molar-refractivity contribution in [3.05, 3.63) is 70.8 Å². The van der Waals surface area contributed by atoms with Crippen LogP contribution in [0.1, 0.15) is 11.3 Å². The van der Waals surface area contributed by atoms with E-state index in [0.717, 1.165) is 16.4 Å². The molecule has 0 atom stereocenters. The fraction of sp³-hybridized carbons (Fsp3) is 0.125. The van der Waals surface area contributed by atoms with Crippen LogP contribution < -0.4 is 4.72 Å². The number of benzene rings is 1. The second kappa shape index (κ2) is 7.52. The number of rotatable bonds is 7. The van der Waals surface area contributed by atoms with Gasteiger partial charge in [-0.1, -0.05) is 30.3 Å². The molecule has 0 bridgehead atoms. The smallest absolute Gasteiger partial charge is 0.223 e. The van der Waals surface area contributed by atoms with Crippen molar-refractivity contribution < 1.29 is 8.42 Å². The number of nitrogens with zero attached hydrogens (tertiary/aromatic N) is 3. The third-order valence-corrected chi connectivity index (χ3v) is 5.14. The molecule has 3 rings (SSSR count). The molecule has 1 N–H and O–H groups in total. The van der Waals surface area contributed by atoms with Crippen molar-refractivity contribution in [3.63, 3.8) is 0 Å². The van der Waals surface area contributed by atoms with Crippen molar-refractivity contribution in [1.82, 2.24) is 19.5 Å². The van der Waals surface area contributed by atoms with E-state index in [1.165, 1.54) is 16.7 Å². The first-order valence-corrected chi connectivity index (χ1v) is 9.72. The molecule has 1 aromatic carbocycles. The fourth-order valence-corrected chi connectivity index (χ4v) is 3.62. The Hall–Kier alpha value is -2.29. The molecule has 0 amide bonds. The maximum atomic E-state index is 12.0. The Morgan fingerprint density at radius 3 is 2.79 bits per heavy atom. The molecule has 24 heavy (non-hydrogen) atoms. The molecular weight excluding hydrogens is 344 g/mol. The Kier molecular flexibility index (Phi) is 5.19. The summed E-state index contributed by atoms with van der Waals surface area (Å²) in [7, 11) is -3.46. The summed E-state index contributed by atoms with van der Waals surface area (Å²) in [4.78, 5) is 4.43. The Morgan fingerprint density at radius 1 is 1.21 bits per heavy atom. The second-order valence-electron chi connectivity index (χ2n) is 4.97. The van der Waals surface area contributed by atoms with Gasteiger partial charge in [0.05, 0.1) is 5.69 Å². The van der Waals surface area contributed by atoms with E-state index < -0.39 is 10.0 Å². The fourth-order valence-electron chi connectivity index (χ4n) is 2.00. The third kappa shape index (κ3) is 4.60. The van der Waals surface area contributed by atoms with Crippen LogP contribution in [-0.2, 0) is 16.4 Å². The Bertz CT molecular complexity index is 901. The first-order valence-electron chi connectivity index (χ1n) is 7.30. The minimum Gasteiger partial charge on any atom is -0.223 e. The van der Waals surface area contributed by atoms with Crippen molar-refractivity contribution in [2.45, 2.75) is 6.42 Å². The second-order valence-corrected chi connectivity index (χ2v) is 7.46. The van der Waals surface area contributed by atoms with Crippen LogP contribution in [0.2, 0.25) is 0 Å². The van der Waals surface area contributed by atoms with Gasteiger partial charge in [0.25, 0.3) is 0 Å². The minimum absolute atomic E-state index is 0.295. The van der Waals surface area contributed by atoms with E-state index >= 15 is 0 Å². The SMILES string of the molecule is O=S(=O)(C=Cc1ccccc1)NCCc1csc(-n2cccn2)n1. The van der Waals surface area contributed by atoms with E-state index in [4.69, 9.17) is 0 Å². The molecule has 0 fully saturated rings. The summed E-state index contributed by atoms with van der Waals surface area (Å²) < 4.78 is 28.1. The van der Waals surface area contributed by atoms with E-state index in [1.807, 2.05) is 48.0 Å². The van der Waals surface area contributed by atoms with Crippen LogP contribution in [0.4, 0.5) is 0 Å². The van der Waals surface area contributed by atoms with E-state index in [2.05, 4.69) is 14.8 Å². The zero-order valence-electron chi connectivity index (χ0n) is 12.7.